The summed E-state index contributed by atoms with van der Waals surface area (Å²) in [5.41, 5.74) is 11.0. The van der Waals surface area contributed by atoms with E-state index in [4.69, 9.17) is 11.5 Å². The molecule has 3 heteroatoms. The predicted molar refractivity (Wildman–Crippen MR) is 49.3 cm³/mol. The molecule has 4 N–H and O–H groups in total. The molecule has 0 amide bonds. The number of hydrogen-bond acceptors (Lipinski definition) is 3. The van der Waals surface area contributed by atoms with E-state index >= 15 is 0 Å². The molecule has 0 bridgehead atoms. The van der Waals surface area contributed by atoms with E-state index in [0.29, 0.717) is 6.04 Å². The van der Waals surface area contributed by atoms with Gasteiger partial charge in [-0.2, -0.15) is 11.8 Å². The quantitative estimate of drug-likeness (QED) is 0.568. The van der Waals surface area contributed by atoms with Gasteiger partial charge >= 0.3 is 0 Å². The molecule has 0 aliphatic carbocycles. The normalized spacial score (nSPS) is 13.5. The monoisotopic (exact) mass is 162 g/mol. The average Bonchev–Trinajstić information content (AvgIpc) is 1.98. The van der Waals surface area contributed by atoms with Gasteiger partial charge < -0.3 is 11.5 Å². The van der Waals surface area contributed by atoms with Crippen LogP contribution in [-0.4, -0.2) is 24.1 Å². The van der Waals surface area contributed by atoms with E-state index in [0.717, 1.165) is 30.9 Å². The lowest BCUT2D eigenvalue weighted by atomic mass is 10.3. The first-order valence-corrected chi connectivity index (χ1v) is 5.00. The SMILES string of the molecule is CCC(N)CSCCCN. The molecule has 0 spiro atoms. The predicted octanol–water partition coefficient (Wildman–Crippen LogP) is 0.806. The van der Waals surface area contributed by atoms with Crippen molar-refractivity contribution in [1.29, 1.82) is 0 Å². The van der Waals surface area contributed by atoms with E-state index in [1.54, 1.807) is 0 Å². The van der Waals surface area contributed by atoms with Gasteiger partial charge in [0.15, 0.2) is 0 Å². The Kier molecular flexibility index (Phi) is 7.58. The second-order valence-electron chi connectivity index (χ2n) is 2.39. The fraction of sp³-hybridized carbons (Fsp3) is 1.00. The first-order chi connectivity index (χ1) is 4.81. The summed E-state index contributed by atoms with van der Waals surface area (Å²) in [6.45, 7) is 2.92. The van der Waals surface area contributed by atoms with E-state index < -0.39 is 0 Å². The van der Waals surface area contributed by atoms with Crippen LogP contribution in [0.2, 0.25) is 0 Å². The van der Waals surface area contributed by atoms with Crippen LogP contribution < -0.4 is 11.5 Å². The fourth-order valence-electron chi connectivity index (χ4n) is 0.538. The fourth-order valence-corrected chi connectivity index (χ4v) is 1.61. The molecule has 62 valence electrons. The molecule has 0 aliphatic rings. The van der Waals surface area contributed by atoms with Crippen molar-refractivity contribution in [3.63, 3.8) is 0 Å². The highest BCUT2D eigenvalue weighted by Crippen LogP contribution is 2.04. The molecule has 0 aromatic carbocycles. The van der Waals surface area contributed by atoms with Gasteiger partial charge in [-0.15, -0.1) is 0 Å². The number of rotatable bonds is 6. The minimum atomic E-state index is 0.378. The zero-order valence-electron chi connectivity index (χ0n) is 6.68. The summed E-state index contributed by atoms with van der Waals surface area (Å²) in [5.74, 6) is 2.24. The summed E-state index contributed by atoms with van der Waals surface area (Å²) in [4.78, 5) is 0. The van der Waals surface area contributed by atoms with Crippen LogP contribution in [0.5, 0.6) is 0 Å². The van der Waals surface area contributed by atoms with Crippen molar-refractivity contribution in [3.8, 4) is 0 Å². The Labute approximate surface area is 67.7 Å². The van der Waals surface area contributed by atoms with Gasteiger partial charge in [0.05, 0.1) is 0 Å². The van der Waals surface area contributed by atoms with Crippen molar-refractivity contribution < 1.29 is 0 Å². The average molecular weight is 162 g/mol. The molecule has 0 aliphatic heterocycles. The minimum Gasteiger partial charge on any atom is -0.330 e. The second kappa shape index (κ2) is 7.38. The largest absolute Gasteiger partial charge is 0.330 e. The Balaban J connectivity index is 2.89. The summed E-state index contributed by atoms with van der Waals surface area (Å²) < 4.78 is 0. The van der Waals surface area contributed by atoms with Crippen LogP contribution in [0.1, 0.15) is 19.8 Å². The van der Waals surface area contributed by atoms with Crippen LogP contribution >= 0.6 is 11.8 Å². The molecule has 0 saturated carbocycles. The Hall–Kier alpha value is 0.270. The smallest absolute Gasteiger partial charge is 0.0127 e. The Bertz CT molecular complexity index is 68.6. The molecule has 0 aromatic rings. The molecule has 0 fully saturated rings. The van der Waals surface area contributed by atoms with Crippen molar-refractivity contribution in [2.75, 3.05) is 18.1 Å². The van der Waals surface area contributed by atoms with E-state index in [1.807, 2.05) is 11.8 Å². The third-order valence-electron chi connectivity index (χ3n) is 1.35. The van der Waals surface area contributed by atoms with Crippen LogP contribution in [-0.2, 0) is 0 Å². The third-order valence-corrected chi connectivity index (χ3v) is 2.59. The molecule has 10 heavy (non-hydrogen) atoms. The van der Waals surface area contributed by atoms with Gasteiger partial charge in [-0.25, -0.2) is 0 Å². The summed E-state index contributed by atoms with van der Waals surface area (Å²) in [5, 5.41) is 0. The van der Waals surface area contributed by atoms with Crippen LogP contribution in [0.4, 0.5) is 0 Å². The van der Waals surface area contributed by atoms with Crippen molar-refractivity contribution in [2.24, 2.45) is 11.5 Å². The zero-order chi connectivity index (χ0) is 7.82. The highest BCUT2D eigenvalue weighted by molar-refractivity contribution is 7.99. The molecule has 0 aromatic heterocycles. The molecular weight excluding hydrogens is 144 g/mol. The van der Waals surface area contributed by atoms with Crippen molar-refractivity contribution in [3.05, 3.63) is 0 Å². The van der Waals surface area contributed by atoms with E-state index in [9.17, 15) is 0 Å². The number of hydrogen-bond donors (Lipinski definition) is 2. The first-order valence-electron chi connectivity index (χ1n) is 3.84. The first kappa shape index (κ1) is 10.3. The molecule has 0 heterocycles. The molecule has 0 radical (unpaired) electrons. The van der Waals surface area contributed by atoms with Gasteiger partial charge in [0, 0.05) is 11.8 Å². The molecule has 1 unspecified atom stereocenters. The van der Waals surface area contributed by atoms with Gasteiger partial charge in [0.25, 0.3) is 0 Å². The lowest BCUT2D eigenvalue weighted by molar-refractivity contribution is 0.724. The van der Waals surface area contributed by atoms with Gasteiger partial charge in [-0.1, -0.05) is 6.92 Å². The number of thioether (sulfide) groups is 1. The topological polar surface area (TPSA) is 52.0 Å². The Morgan fingerprint density at radius 2 is 2.20 bits per heavy atom. The van der Waals surface area contributed by atoms with Gasteiger partial charge in [0.2, 0.25) is 0 Å². The summed E-state index contributed by atoms with van der Waals surface area (Å²) in [7, 11) is 0. The van der Waals surface area contributed by atoms with Gasteiger partial charge in [-0.3, -0.25) is 0 Å². The lowest BCUT2D eigenvalue weighted by Crippen LogP contribution is -2.21. The summed E-state index contributed by atoms with van der Waals surface area (Å²) >= 11 is 1.91. The molecular formula is C7H18N2S. The molecule has 0 saturated heterocycles. The highest BCUT2D eigenvalue weighted by Gasteiger charge is 1.97. The maximum absolute atomic E-state index is 5.70. The molecule has 2 nitrogen and oxygen atoms in total. The van der Waals surface area contributed by atoms with Crippen molar-refractivity contribution in [1.82, 2.24) is 0 Å². The zero-order valence-corrected chi connectivity index (χ0v) is 7.49. The van der Waals surface area contributed by atoms with E-state index in [1.165, 1.54) is 0 Å². The van der Waals surface area contributed by atoms with Crippen LogP contribution in [0.3, 0.4) is 0 Å². The van der Waals surface area contributed by atoms with Crippen LogP contribution in [0.25, 0.3) is 0 Å². The summed E-state index contributed by atoms with van der Waals surface area (Å²) in [6.07, 6.45) is 2.19. The Morgan fingerprint density at radius 3 is 2.70 bits per heavy atom. The van der Waals surface area contributed by atoms with Crippen molar-refractivity contribution in [2.45, 2.75) is 25.8 Å². The van der Waals surface area contributed by atoms with E-state index in [2.05, 4.69) is 6.92 Å². The second-order valence-corrected chi connectivity index (χ2v) is 3.54. The minimum absolute atomic E-state index is 0.378. The Morgan fingerprint density at radius 1 is 1.50 bits per heavy atom. The highest BCUT2D eigenvalue weighted by atomic mass is 32.2. The summed E-state index contributed by atoms with van der Waals surface area (Å²) in [6, 6.07) is 0.378. The van der Waals surface area contributed by atoms with Gasteiger partial charge in [0.1, 0.15) is 0 Å². The maximum Gasteiger partial charge on any atom is 0.0127 e. The standard InChI is InChI=1S/C7H18N2S/c1-2-7(9)6-10-5-3-4-8/h7H,2-6,8-9H2,1H3. The maximum atomic E-state index is 5.70. The molecule has 1 atom stereocenters. The van der Waals surface area contributed by atoms with Crippen LogP contribution in [0.15, 0.2) is 0 Å². The van der Waals surface area contributed by atoms with Crippen molar-refractivity contribution >= 4 is 11.8 Å². The lowest BCUT2D eigenvalue weighted by Gasteiger charge is -2.06. The third kappa shape index (κ3) is 6.39. The molecule has 0 rings (SSSR count). The van der Waals surface area contributed by atoms with Crippen LogP contribution in [0, 0.1) is 0 Å². The van der Waals surface area contributed by atoms with Gasteiger partial charge in [-0.05, 0) is 25.1 Å². The van der Waals surface area contributed by atoms with E-state index in [-0.39, 0.29) is 0 Å². The number of nitrogens with two attached hydrogens (primary N) is 2.